The molecule has 0 radical (unpaired) electrons. The molecule has 0 saturated carbocycles. The van der Waals surface area contributed by atoms with E-state index in [1.165, 1.54) is 40.7 Å². The summed E-state index contributed by atoms with van der Waals surface area (Å²) in [5.74, 6) is 1.90. The molecular formula is C20H23N3OS2. The SMILES string of the molecule is COc1ccc(CCNc2nc(SC)nc3sc4c(c23)CCCC4)cc1. The van der Waals surface area contributed by atoms with Crippen molar-refractivity contribution in [2.45, 2.75) is 37.3 Å². The van der Waals surface area contributed by atoms with Gasteiger partial charge in [0, 0.05) is 11.4 Å². The molecule has 0 unspecified atom stereocenters. The van der Waals surface area contributed by atoms with Gasteiger partial charge < -0.3 is 10.1 Å². The van der Waals surface area contributed by atoms with Crippen molar-refractivity contribution in [3.05, 3.63) is 40.3 Å². The van der Waals surface area contributed by atoms with Gasteiger partial charge in [-0.15, -0.1) is 11.3 Å². The fourth-order valence-corrected chi connectivity index (χ4v) is 5.16. The van der Waals surface area contributed by atoms with Crippen LogP contribution in [-0.4, -0.2) is 29.9 Å². The number of benzene rings is 1. The van der Waals surface area contributed by atoms with Crippen molar-refractivity contribution >= 4 is 39.1 Å². The van der Waals surface area contributed by atoms with Gasteiger partial charge in [-0.1, -0.05) is 23.9 Å². The second-order valence-corrected chi connectivity index (χ2v) is 8.33. The first kappa shape index (κ1) is 17.6. The Morgan fingerprint density at radius 3 is 2.73 bits per heavy atom. The van der Waals surface area contributed by atoms with Crippen LogP contribution in [-0.2, 0) is 19.3 Å². The summed E-state index contributed by atoms with van der Waals surface area (Å²) in [7, 11) is 1.70. The number of nitrogens with zero attached hydrogens (tertiary/aromatic N) is 2. The van der Waals surface area contributed by atoms with Crippen molar-refractivity contribution in [2.75, 3.05) is 25.2 Å². The van der Waals surface area contributed by atoms with Crippen LogP contribution in [0, 0.1) is 0 Å². The molecule has 2 aromatic heterocycles. The smallest absolute Gasteiger partial charge is 0.190 e. The van der Waals surface area contributed by atoms with Gasteiger partial charge in [-0.25, -0.2) is 9.97 Å². The molecule has 136 valence electrons. The molecule has 26 heavy (non-hydrogen) atoms. The second kappa shape index (κ2) is 7.84. The van der Waals surface area contributed by atoms with Crippen molar-refractivity contribution < 1.29 is 4.74 Å². The summed E-state index contributed by atoms with van der Waals surface area (Å²) in [5.41, 5.74) is 2.77. The molecule has 1 aliphatic rings. The Hall–Kier alpha value is -1.79. The third-order valence-corrected chi connectivity index (χ3v) is 6.58. The molecule has 0 atom stereocenters. The number of rotatable bonds is 6. The Labute approximate surface area is 162 Å². The number of ether oxygens (including phenoxy) is 1. The zero-order chi connectivity index (χ0) is 17.9. The lowest BCUT2D eigenvalue weighted by atomic mass is 9.97. The first-order chi connectivity index (χ1) is 12.8. The lowest BCUT2D eigenvalue weighted by Crippen LogP contribution is -2.08. The van der Waals surface area contributed by atoms with Gasteiger partial charge in [-0.2, -0.15) is 0 Å². The molecule has 0 aliphatic heterocycles. The number of fused-ring (bicyclic) bond motifs is 3. The van der Waals surface area contributed by atoms with E-state index in [1.807, 2.05) is 29.7 Å². The minimum Gasteiger partial charge on any atom is -0.497 e. The van der Waals surface area contributed by atoms with E-state index in [1.54, 1.807) is 18.9 Å². The number of nitrogens with one attached hydrogen (secondary N) is 1. The lowest BCUT2D eigenvalue weighted by Gasteiger charge is -2.13. The van der Waals surface area contributed by atoms with E-state index < -0.39 is 0 Å². The monoisotopic (exact) mass is 385 g/mol. The molecule has 0 bridgehead atoms. The average molecular weight is 386 g/mol. The van der Waals surface area contributed by atoms with E-state index in [9.17, 15) is 0 Å². The van der Waals surface area contributed by atoms with Crippen molar-refractivity contribution in [1.29, 1.82) is 0 Å². The van der Waals surface area contributed by atoms with E-state index in [0.717, 1.165) is 40.9 Å². The number of methoxy groups -OCH3 is 1. The molecule has 0 saturated heterocycles. The molecule has 3 aromatic rings. The van der Waals surface area contributed by atoms with Gasteiger partial charge >= 0.3 is 0 Å². The van der Waals surface area contributed by atoms with Crippen LogP contribution < -0.4 is 10.1 Å². The van der Waals surface area contributed by atoms with Gasteiger partial charge in [0.05, 0.1) is 12.5 Å². The summed E-state index contributed by atoms with van der Waals surface area (Å²) in [6, 6.07) is 8.27. The normalized spacial score (nSPS) is 13.6. The number of aryl methyl sites for hydroxylation is 2. The van der Waals surface area contributed by atoms with E-state index in [2.05, 4.69) is 17.4 Å². The first-order valence-electron chi connectivity index (χ1n) is 9.01. The summed E-state index contributed by atoms with van der Waals surface area (Å²) >= 11 is 3.47. The predicted octanol–water partition coefficient (Wildman–Crippen LogP) is 4.96. The highest BCUT2D eigenvalue weighted by Gasteiger charge is 2.20. The lowest BCUT2D eigenvalue weighted by molar-refractivity contribution is 0.414. The van der Waals surface area contributed by atoms with Gasteiger partial charge in [0.1, 0.15) is 16.4 Å². The summed E-state index contributed by atoms with van der Waals surface area (Å²) in [5, 5.41) is 5.70. The summed E-state index contributed by atoms with van der Waals surface area (Å²) in [4.78, 5) is 12.2. The summed E-state index contributed by atoms with van der Waals surface area (Å²) < 4.78 is 5.23. The van der Waals surface area contributed by atoms with Crippen molar-refractivity contribution in [2.24, 2.45) is 0 Å². The van der Waals surface area contributed by atoms with Gasteiger partial charge in [-0.05, 0) is 61.6 Å². The molecule has 2 heterocycles. The zero-order valence-corrected chi connectivity index (χ0v) is 16.8. The van der Waals surface area contributed by atoms with Crippen LogP contribution in [0.15, 0.2) is 29.4 Å². The number of thiophene rings is 1. The topological polar surface area (TPSA) is 47.0 Å². The highest BCUT2D eigenvalue weighted by Crippen LogP contribution is 2.39. The van der Waals surface area contributed by atoms with E-state index in [4.69, 9.17) is 14.7 Å². The summed E-state index contributed by atoms with van der Waals surface area (Å²) in [6.07, 6.45) is 7.91. The molecular weight excluding hydrogens is 362 g/mol. The van der Waals surface area contributed by atoms with Gasteiger partial charge in [0.15, 0.2) is 5.16 Å². The van der Waals surface area contributed by atoms with E-state index >= 15 is 0 Å². The standard InChI is InChI=1S/C20H23N3OS2/c1-24-14-9-7-13(8-10-14)11-12-21-18-17-15-5-3-4-6-16(15)26-19(17)23-20(22-18)25-2/h7-10H,3-6,11-12H2,1-2H3,(H,21,22,23). The zero-order valence-electron chi connectivity index (χ0n) is 15.2. The maximum Gasteiger partial charge on any atom is 0.190 e. The quantitative estimate of drug-likeness (QED) is 0.480. The van der Waals surface area contributed by atoms with Crippen molar-refractivity contribution in [3.8, 4) is 5.75 Å². The molecule has 0 amide bonds. The minimum absolute atomic E-state index is 0.850. The van der Waals surface area contributed by atoms with Gasteiger partial charge in [0.25, 0.3) is 0 Å². The van der Waals surface area contributed by atoms with Crippen LogP contribution in [0.5, 0.6) is 5.75 Å². The largest absolute Gasteiger partial charge is 0.497 e. The molecule has 1 aliphatic carbocycles. The Balaban J connectivity index is 1.57. The van der Waals surface area contributed by atoms with Crippen LogP contribution in [0.1, 0.15) is 28.8 Å². The molecule has 6 heteroatoms. The van der Waals surface area contributed by atoms with Gasteiger partial charge in [-0.3, -0.25) is 0 Å². The Morgan fingerprint density at radius 2 is 1.96 bits per heavy atom. The van der Waals surface area contributed by atoms with E-state index in [-0.39, 0.29) is 0 Å². The number of thioether (sulfide) groups is 1. The van der Waals surface area contributed by atoms with Crippen LogP contribution in [0.2, 0.25) is 0 Å². The molecule has 4 nitrogen and oxygen atoms in total. The van der Waals surface area contributed by atoms with Crippen molar-refractivity contribution in [3.63, 3.8) is 0 Å². The average Bonchev–Trinajstić information content (AvgIpc) is 3.07. The van der Waals surface area contributed by atoms with Crippen molar-refractivity contribution in [1.82, 2.24) is 9.97 Å². The second-order valence-electron chi connectivity index (χ2n) is 6.47. The third-order valence-electron chi connectivity index (χ3n) is 4.84. The molecule has 4 rings (SSSR count). The number of hydrogen-bond donors (Lipinski definition) is 1. The van der Waals surface area contributed by atoms with E-state index in [0.29, 0.717) is 0 Å². The number of anilines is 1. The molecule has 1 aromatic carbocycles. The van der Waals surface area contributed by atoms with Crippen LogP contribution >= 0.6 is 23.1 Å². The third kappa shape index (κ3) is 3.53. The molecule has 1 N–H and O–H groups in total. The fraction of sp³-hybridized carbons (Fsp3) is 0.400. The van der Waals surface area contributed by atoms with Crippen LogP contribution in [0.3, 0.4) is 0 Å². The number of hydrogen-bond acceptors (Lipinski definition) is 6. The maximum absolute atomic E-state index is 5.23. The Morgan fingerprint density at radius 1 is 1.15 bits per heavy atom. The fourth-order valence-electron chi connectivity index (χ4n) is 3.47. The molecule has 0 fully saturated rings. The highest BCUT2D eigenvalue weighted by molar-refractivity contribution is 7.98. The van der Waals surface area contributed by atoms with Crippen LogP contribution in [0.4, 0.5) is 5.82 Å². The Kier molecular flexibility index (Phi) is 5.31. The number of aromatic nitrogens is 2. The van der Waals surface area contributed by atoms with Crippen LogP contribution in [0.25, 0.3) is 10.2 Å². The highest BCUT2D eigenvalue weighted by atomic mass is 32.2. The maximum atomic E-state index is 5.23. The summed E-state index contributed by atoms with van der Waals surface area (Å²) in [6.45, 7) is 0.858. The first-order valence-corrected chi connectivity index (χ1v) is 11.1. The Bertz CT molecular complexity index is 906. The minimum atomic E-state index is 0.850. The predicted molar refractivity (Wildman–Crippen MR) is 111 cm³/mol. The molecule has 0 spiro atoms. The van der Waals surface area contributed by atoms with Gasteiger partial charge in [0.2, 0.25) is 0 Å².